The Morgan fingerprint density at radius 1 is 1.00 bits per heavy atom. The number of fused-ring (bicyclic) bond motifs is 2. The van der Waals surface area contributed by atoms with Crippen molar-refractivity contribution in [3.05, 3.63) is 59.9 Å². The zero-order valence-electron chi connectivity index (χ0n) is 14.9. The second-order valence-corrected chi connectivity index (χ2v) is 7.26. The van der Waals surface area contributed by atoms with Crippen molar-refractivity contribution in [1.82, 2.24) is 5.32 Å². The molecule has 2 aromatic carbocycles. The molecule has 1 N–H and O–H groups in total. The molecule has 2 aliphatic rings. The maximum atomic E-state index is 12.9. The molecule has 5 heteroatoms. The molecular weight excluding hydrogens is 342 g/mol. The topological polar surface area (TPSA) is 60.7 Å². The number of carbonyl (C=O) groups excluding carboxylic acids is 1. The van der Waals surface area contributed by atoms with Crippen molar-refractivity contribution in [1.29, 1.82) is 0 Å². The molecule has 0 bridgehead atoms. The molecule has 3 aromatic rings. The van der Waals surface area contributed by atoms with E-state index in [1.165, 1.54) is 12.8 Å². The van der Waals surface area contributed by atoms with Gasteiger partial charge in [-0.25, -0.2) is 0 Å². The van der Waals surface area contributed by atoms with Crippen molar-refractivity contribution in [3.63, 3.8) is 0 Å². The summed E-state index contributed by atoms with van der Waals surface area (Å²) in [5, 5.41) is 4.15. The van der Waals surface area contributed by atoms with E-state index in [1.54, 1.807) is 6.07 Å². The number of rotatable bonds is 4. The summed E-state index contributed by atoms with van der Waals surface area (Å²) < 4.78 is 16.7. The van der Waals surface area contributed by atoms with E-state index in [1.807, 2.05) is 42.5 Å². The van der Waals surface area contributed by atoms with E-state index in [-0.39, 0.29) is 18.7 Å². The molecule has 1 aromatic heterocycles. The van der Waals surface area contributed by atoms with E-state index < -0.39 is 0 Å². The lowest BCUT2D eigenvalue weighted by Gasteiger charge is -2.25. The predicted octanol–water partition coefficient (Wildman–Crippen LogP) is 4.82. The minimum absolute atomic E-state index is 0.0669. The molecule has 1 amide bonds. The van der Waals surface area contributed by atoms with Crippen LogP contribution in [0.15, 0.2) is 52.9 Å². The van der Waals surface area contributed by atoms with E-state index >= 15 is 0 Å². The largest absolute Gasteiger partial charge is 0.454 e. The van der Waals surface area contributed by atoms with Crippen molar-refractivity contribution in [2.24, 2.45) is 5.92 Å². The molecule has 0 saturated heterocycles. The number of hydrogen-bond donors (Lipinski definition) is 1. The van der Waals surface area contributed by atoms with Crippen LogP contribution in [0.2, 0.25) is 0 Å². The quantitative estimate of drug-likeness (QED) is 0.722. The van der Waals surface area contributed by atoms with E-state index in [0.29, 0.717) is 11.7 Å². The van der Waals surface area contributed by atoms with Crippen LogP contribution in [0.4, 0.5) is 0 Å². The fourth-order valence-electron chi connectivity index (χ4n) is 4.18. The van der Waals surface area contributed by atoms with E-state index in [0.717, 1.165) is 40.9 Å². The molecule has 27 heavy (non-hydrogen) atoms. The number of carbonyl (C=O) groups is 1. The van der Waals surface area contributed by atoms with Gasteiger partial charge >= 0.3 is 0 Å². The average Bonchev–Trinajstić information content (AvgIpc) is 3.45. The van der Waals surface area contributed by atoms with Crippen LogP contribution in [0.5, 0.6) is 11.5 Å². The average molecular weight is 363 g/mol. The molecule has 138 valence electrons. The maximum Gasteiger partial charge on any atom is 0.287 e. The highest BCUT2D eigenvalue weighted by Crippen LogP contribution is 2.40. The number of para-hydroxylation sites is 1. The van der Waals surface area contributed by atoms with Crippen LogP contribution in [-0.2, 0) is 0 Å². The molecule has 1 saturated carbocycles. The van der Waals surface area contributed by atoms with Gasteiger partial charge in [-0.05, 0) is 48.6 Å². The third kappa shape index (κ3) is 3.03. The summed E-state index contributed by atoms with van der Waals surface area (Å²) in [4.78, 5) is 12.9. The normalized spacial score (nSPS) is 17.3. The SMILES string of the molecule is O=C(NC(c1ccc2c(c1)OCO2)C1CCCC1)c1cc2ccccc2o1. The van der Waals surface area contributed by atoms with Crippen LogP contribution < -0.4 is 14.8 Å². The lowest BCUT2D eigenvalue weighted by atomic mass is 9.91. The van der Waals surface area contributed by atoms with Gasteiger partial charge in [-0.2, -0.15) is 0 Å². The Bertz CT molecular complexity index is 954. The number of hydrogen-bond acceptors (Lipinski definition) is 4. The second-order valence-electron chi connectivity index (χ2n) is 7.26. The van der Waals surface area contributed by atoms with Gasteiger partial charge in [0.25, 0.3) is 5.91 Å². The fourth-order valence-corrected chi connectivity index (χ4v) is 4.18. The Morgan fingerprint density at radius 2 is 1.81 bits per heavy atom. The van der Waals surface area contributed by atoms with Gasteiger partial charge in [-0.3, -0.25) is 4.79 Å². The highest BCUT2D eigenvalue weighted by molar-refractivity contribution is 5.96. The Balaban J connectivity index is 1.44. The van der Waals surface area contributed by atoms with Crippen LogP contribution >= 0.6 is 0 Å². The molecule has 1 unspecified atom stereocenters. The van der Waals surface area contributed by atoms with Crippen LogP contribution in [0.3, 0.4) is 0 Å². The highest BCUT2D eigenvalue weighted by Gasteiger charge is 2.30. The Labute approximate surface area is 157 Å². The third-order valence-corrected chi connectivity index (χ3v) is 5.56. The van der Waals surface area contributed by atoms with E-state index in [2.05, 4.69) is 5.32 Å². The minimum Gasteiger partial charge on any atom is -0.454 e. The van der Waals surface area contributed by atoms with E-state index in [4.69, 9.17) is 13.9 Å². The second kappa shape index (κ2) is 6.65. The number of furan rings is 1. The molecule has 1 fully saturated rings. The smallest absolute Gasteiger partial charge is 0.287 e. The fraction of sp³-hybridized carbons (Fsp3) is 0.318. The molecule has 1 atom stereocenters. The van der Waals surface area contributed by atoms with Gasteiger partial charge in [0.1, 0.15) is 5.58 Å². The molecule has 0 spiro atoms. The Morgan fingerprint density at radius 3 is 2.67 bits per heavy atom. The van der Waals surface area contributed by atoms with Crippen LogP contribution in [-0.4, -0.2) is 12.7 Å². The summed E-state index contributed by atoms with van der Waals surface area (Å²) in [5.41, 5.74) is 1.78. The van der Waals surface area contributed by atoms with Gasteiger partial charge in [0, 0.05) is 5.39 Å². The Kier molecular flexibility index (Phi) is 4.00. The highest BCUT2D eigenvalue weighted by atomic mass is 16.7. The number of benzene rings is 2. The Hall–Kier alpha value is -2.95. The van der Waals surface area contributed by atoms with Gasteiger partial charge in [0.05, 0.1) is 6.04 Å². The first kappa shape index (κ1) is 16.2. The minimum atomic E-state index is -0.180. The zero-order valence-corrected chi connectivity index (χ0v) is 14.9. The molecule has 0 radical (unpaired) electrons. The van der Waals surface area contributed by atoms with Crippen molar-refractivity contribution in [2.75, 3.05) is 6.79 Å². The van der Waals surface area contributed by atoms with Crippen LogP contribution in [0.25, 0.3) is 11.0 Å². The first-order chi connectivity index (χ1) is 13.3. The number of nitrogens with one attached hydrogen (secondary N) is 1. The zero-order chi connectivity index (χ0) is 18.2. The van der Waals surface area contributed by atoms with Crippen molar-refractivity contribution < 1.29 is 18.7 Å². The van der Waals surface area contributed by atoms with Crippen LogP contribution in [0.1, 0.15) is 47.8 Å². The molecule has 5 nitrogen and oxygen atoms in total. The van der Waals surface area contributed by atoms with Gasteiger partial charge in [0.2, 0.25) is 6.79 Å². The lowest BCUT2D eigenvalue weighted by Crippen LogP contribution is -2.32. The monoisotopic (exact) mass is 363 g/mol. The molecular formula is C22H21NO4. The van der Waals surface area contributed by atoms with Crippen LogP contribution in [0, 0.1) is 5.92 Å². The van der Waals surface area contributed by atoms with Gasteiger partial charge in [-0.15, -0.1) is 0 Å². The number of amides is 1. The van der Waals surface area contributed by atoms with E-state index in [9.17, 15) is 4.79 Å². The van der Waals surface area contributed by atoms with Gasteiger partial charge in [-0.1, -0.05) is 37.1 Å². The van der Waals surface area contributed by atoms with Crippen molar-refractivity contribution >= 4 is 16.9 Å². The molecule has 1 aliphatic heterocycles. The summed E-state index contributed by atoms with van der Waals surface area (Å²) in [6, 6.07) is 15.3. The molecule has 2 heterocycles. The van der Waals surface area contributed by atoms with Crippen molar-refractivity contribution in [2.45, 2.75) is 31.7 Å². The summed E-state index contributed by atoms with van der Waals surface area (Å²) >= 11 is 0. The summed E-state index contributed by atoms with van der Waals surface area (Å²) in [6.07, 6.45) is 4.62. The van der Waals surface area contributed by atoms with Gasteiger partial charge < -0.3 is 19.2 Å². The predicted molar refractivity (Wildman–Crippen MR) is 101 cm³/mol. The maximum absolute atomic E-state index is 12.9. The third-order valence-electron chi connectivity index (χ3n) is 5.56. The van der Waals surface area contributed by atoms with Gasteiger partial charge in [0.15, 0.2) is 17.3 Å². The van der Waals surface area contributed by atoms with Crippen molar-refractivity contribution in [3.8, 4) is 11.5 Å². The summed E-state index contributed by atoms with van der Waals surface area (Å²) in [7, 11) is 0. The first-order valence-electron chi connectivity index (χ1n) is 9.47. The lowest BCUT2D eigenvalue weighted by molar-refractivity contribution is 0.0895. The molecule has 5 rings (SSSR count). The standard InChI is InChI=1S/C22H21NO4/c24-22(20-11-15-7-3-4-8-17(15)27-20)23-21(14-5-1-2-6-14)16-9-10-18-19(12-16)26-13-25-18/h3-4,7-12,14,21H,1-2,5-6,13H2,(H,23,24). The summed E-state index contributed by atoms with van der Waals surface area (Å²) in [5.74, 6) is 2.08. The first-order valence-corrected chi connectivity index (χ1v) is 9.47. The summed E-state index contributed by atoms with van der Waals surface area (Å²) in [6.45, 7) is 0.248. The molecule has 1 aliphatic carbocycles. The number of ether oxygens (including phenoxy) is 2.